The van der Waals surface area contributed by atoms with Crippen LogP contribution in [-0.4, -0.2) is 25.9 Å². The average molecular weight is 248 g/mol. The zero-order valence-electron chi connectivity index (χ0n) is 10.5. The fourth-order valence-corrected chi connectivity index (χ4v) is 1.70. The maximum absolute atomic E-state index is 5.47. The molecule has 5 nitrogen and oxygen atoms in total. The van der Waals surface area contributed by atoms with Crippen LogP contribution < -0.4 is 15.2 Å². The monoisotopic (exact) mass is 248 g/mol. The molecule has 2 rings (SSSR count). The van der Waals surface area contributed by atoms with E-state index in [1.54, 1.807) is 14.2 Å². The number of rotatable bonds is 5. The molecule has 0 radical (unpaired) electrons. The van der Waals surface area contributed by atoms with Crippen molar-refractivity contribution >= 4 is 0 Å². The van der Waals surface area contributed by atoms with Gasteiger partial charge in [0.25, 0.3) is 0 Å². The lowest BCUT2D eigenvalue weighted by Gasteiger charge is -2.07. The van der Waals surface area contributed by atoms with E-state index in [0.717, 1.165) is 17.0 Å². The first-order chi connectivity index (χ1) is 8.78. The molecule has 96 valence electrons. The number of hydrogen-bond donors (Lipinski definition) is 1. The molecule has 1 heterocycles. The maximum Gasteiger partial charge on any atom is 0.161 e. The fraction of sp³-hybridized carbons (Fsp3) is 0.308. The van der Waals surface area contributed by atoms with Crippen LogP contribution in [0.2, 0.25) is 0 Å². The Hall–Kier alpha value is -2.01. The van der Waals surface area contributed by atoms with Gasteiger partial charge in [0.1, 0.15) is 11.5 Å². The molecule has 0 amide bonds. The Morgan fingerprint density at radius 3 is 2.61 bits per heavy atom. The molecular formula is C13H16N2O3. The van der Waals surface area contributed by atoms with Crippen LogP contribution in [-0.2, 0) is 6.42 Å². The summed E-state index contributed by atoms with van der Waals surface area (Å²) in [6, 6.07) is 7.49. The van der Waals surface area contributed by atoms with Crippen molar-refractivity contribution in [2.24, 2.45) is 5.73 Å². The molecule has 2 N–H and O–H groups in total. The predicted octanol–water partition coefficient (Wildman–Crippen LogP) is 1.86. The molecule has 0 atom stereocenters. The highest BCUT2D eigenvalue weighted by Gasteiger charge is 2.10. The van der Waals surface area contributed by atoms with Crippen molar-refractivity contribution in [1.29, 1.82) is 0 Å². The molecule has 0 aliphatic carbocycles. The van der Waals surface area contributed by atoms with Crippen molar-refractivity contribution in [3.05, 3.63) is 30.0 Å². The molecule has 0 saturated heterocycles. The molecule has 0 spiro atoms. The van der Waals surface area contributed by atoms with Gasteiger partial charge in [0, 0.05) is 18.1 Å². The van der Waals surface area contributed by atoms with E-state index in [1.807, 2.05) is 24.3 Å². The van der Waals surface area contributed by atoms with Gasteiger partial charge in [0.2, 0.25) is 0 Å². The van der Waals surface area contributed by atoms with Crippen LogP contribution in [0.25, 0.3) is 11.3 Å². The van der Waals surface area contributed by atoms with E-state index in [1.165, 1.54) is 0 Å². The summed E-state index contributed by atoms with van der Waals surface area (Å²) in [6.07, 6.45) is 0.681. The summed E-state index contributed by atoms with van der Waals surface area (Å²) in [5.41, 5.74) is 7.15. The Morgan fingerprint density at radius 2 is 1.94 bits per heavy atom. The highest BCUT2D eigenvalue weighted by Crippen LogP contribution is 2.31. The third-order valence-electron chi connectivity index (χ3n) is 2.63. The van der Waals surface area contributed by atoms with Gasteiger partial charge in [-0.1, -0.05) is 5.16 Å². The smallest absolute Gasteiger partial charge is 0.161 e. The molecule has 0 fully saturated rings. The van der Waals surface area contributed by atoms with E-state index < -0.39 is 0 Å². The quantitative estimate of drug-likeness (QED) is 0.874. The summed E-state index contributed by atoms with van der Waals surface area (Å²) >= 11 is 0. The third kappa shape index (κ3) is 2.46. The van der Waals surface area contributed by atoms with Crippen LogP contribution >= 0.6 is 0 Å². The maximum atomic E-state index is 5.47. The van der Waals surface area contributed by atoms with Crippen molar-refractivity contribution < 1.29 is 14.0 Å². The third-order valence-corrected chi connectivity index (χ3v) is 2.63. The number of benzene rings is 1. The van der Waals surface area contributed by atoms with Gasteiger partial charge in [-0.05, 0) is 24.7 Å². The van der Waals surface area contributed by atoms with E-state index in [9.17, 15) is 0 Å². The van der Waals surface area contributed by atoms with Gasteiger partial charge in [-0.3, -0.25) is 0 Å². The second-order valence-corrected chi connectivity index (χ2v) is 3.79. The lowest BCUT2D eigenvalue weighted by atomic mass is 10.1. The van der Waals surface area contributed by atoms with Crippen molar-refractivity contribution in [1.82, 2.24) is 5.16 Å². The van der Waals surface area contributed by atoms with E-state index >= 15 is 0 Å². The summed E-state index contributed by atoms with van der Waals surface area (Å²) in [6.45, 7) is 0.542. The van der Waals surface area contributed by atoms with Gasteiger partial charge < -0.3 is 19.7 Å². The van der Waals surface area contributed by atoms with Crippen molar-refractivity contribution in [2.75, 3.05) is 20.8 Å². The molecular weight excluding hydrogens is 232 g/mol. The first-order valence-corrected chi connectivity index (χ1v) is 5.66. The van der Waals surface area contributed by atoms with Gasteiger partial charge in [0.05, 0.1) is 14.2 Å². The Morgan fingerprint density at radius 1 is 1.17 bits per heavy atom. The van der Waals surface area contributed by atoms with E-state index in [2.05, 4.69) is 5.16 Å². The molecule has 18 heavy (non-hydrogen) atoms. The Labute approximate surface area is 105 Å². The lowest BCUT2D eigenvalue weighted by molar-refractivity contribution is 0.355. The number of nitrogens with two attached hydrogens (primary N) is 1. The summed E-state index contributed by atoms with van der Waals surface area (Å²) in [7, 11) is 3.21. The topological polar surface area (TPSA) is 70.5 Å². The van der Waals surface area contributed by atoms with Crippen LogP contribution in [0.3, 0.4) is 0 Å². The zero-order chi connectivity index (χ0) is 13.0. The number of ether oxygens (including phenoxy) is 2. The van der Waals surface area contributed by atoms with Crippen molar-refractivity contribution in [3.63, 3.8) is 0 Å². The lowest BCUT2D eigenvalue weighted by Crippen LogP contribution is -2.01. The van der Waals surface area contributed by atoms with Crippen molar-refractivity contribution in [3.8, 4) is 22.8 Å². The van der Waals surface area contributed by atoms with E-state index in [-0.39, 0.29) is 0 Å². The minimum atomic E-state index is 0.542. The highest BCUT2D eigenvalue weighted by atomic mass is 16.5. The van der Waals surface area contributed by atoms with Gasteiger partial charge in [-0.25, -0.2) is 0 Å². The molecule has 2 aromatic rings. The average Bonchev–Trinajstić information content (AvgIpc) is 2.87. The van der Waals surface area contributed by atoms with Crippen LogP contribution in [0.5, 0.6) is 11.5 Å². The number of hydrogen-bond acceptors (Lipinski definition) is 5. The van der Waals surface area contributed by atoms with Crippen molar-refractivity contribution in [2.45, 2.75) is 6.42 Å². The van der Waals surface area contributed by atoms with E-state index in [0.29, 0.717) is 24.5 Å². The Bertz CT molecular complexity index is 523. The van der Waals surface area contributed by atoms with E-state index in [4.69, 9.17) is 19.7 Å². The first-order valence-electron chi connectivity index (χ1n) is 5.66. The number of methoxy groups -OCH3 is 2. The number of nitrogens with zero attached hydrogens (tertiary/aromatic N) is 1. The molecule has 1 aromatic heterocycles. The molecule has 0 bridgehead atoms. The molecule has 5 heteroatoms. The first kappa shape index (κ1) is 12.4. The minimum absolute atomic E-state index is 0.542. The summed E-state index contributed by atoms with van der Waals surface area (Å²) in [5.74, 6) is 2.13. The van der Waals surface area contributed by atoms with Crippen LogP contribution in [0.15, 0.2) is 28.8 Å². The molecule has 0 unspecified atom stereocenters. The van der Waals surface area contributed by atoms with Crippen LogP contribution in [0.1, 0.15) is 5.76 Å². The van der Waals surface area contributed by atoms with Gasteiger partial charge in [0.15, 0.2) is 11.5 Å². The molecule has 0 aliphatic heterocycles. The Kier molecular flexibility index (Phi) is 3.84. The SMILES string of the molecule is COc1ccc(-c2cc(CCN)on2)cc1OC. The highest BCUT2D eigenvalue weighted by molar-refractivity contribution is 5.63. The normalized spacial score (nSPS) is 10.4. The Balaban J connectivity index is 2.31. The largest absolute Gasteiger partial charge is 0.493 e. The fourth-order valence-electron chi connectivity index (χ4n) is 1.70. The zero-order valence-corrected chi connectivity index (χ0v) is 10.5. The summed E-state index contributed by atoms with van der Waals surface area (Å²) in [5, 5.41) is 4.01. The van der Waals surface area contributed by atoms with Crippen LogP contribution in [0, 0.1) is 0 Å². The molecule has 0 aliphatic rings. The molecule has 0 saturated carbocycles. The minimum Gasteiger partial charge on any atom is -0.493 e. The number of aromatic nitrogens is 1. The van der Waals surface area contributed by atoms with Gasteiger partial charge in [-0.15, -0.1) is 0 Å². The molecule has 1 aromatic carbocycles. The summed E-state index contributed by atoms with van der Waals surface area (Å²) in [4.78, 5) is 0. The summed E-state index contributed by atoms with van der Waals surface area (Å²) < 4.78 is 15.6. The van der Waals surface area contributed by atoms with Crippen LogP contribution in [0.4, 0.5) is 0 Å². The second-order valence-electron chi connectivity index (χ2n) is 3.79. The van der Waals surface area contributed by atoms with Gasteiger partial charge in [-0.2, -0.15) is 0 Å². The standard InChI is InChI=1S/C13H16N2O3/c1-16-12-4-3-9(7-13(12)17-2)11-8-10(5-6-14)18-15-11/h3-4,7-8H,5-6,14H2,1-2H3. The second kappa shape index (κ2) is 5.55. The van der Waals surface area contributed by atoms with Gasteiger partial charge >= 0.3 is 0 Å². The predicted molar refractivity (Wildman–Crippen MR) is 67.8 cm³/mol.